The number of nitrogens with zero attached hydrogens (tertiary/aromatic N) is 2. The van der Waals surface area contributed by atoms with E-state index in [-0.39, 0.29) is 0 Å². The fourth-order valence-corrected chi connectivity index (χ4v) is 2.68. The molecule has 1 aliphatic rings. The number of piperidine rings is 1. The van der Waals surface area contributed by atoms with Crippen molar-refractivity contribution in [3.63, 3.8) is 0 Å². The fourth-order valence-electron chi connectivity index (χ4n) is 2.68. The standard InChI is InChI=1S/C13H16N4O/c14-13(18)11-12(9-4-6-15-7-5-9)17-8-2-1-3-10(17)16-11/h1-3,8-9,15H,4-7H2,(H2,14,18). The zero-order valence-corrected chi connectivity index (χ0v) is 10.1. The molecule has 18 heavy (non-hydrogen) atoms. The van der Waals surface area contributed by atoms with Gasteiger partial charge in [0.1, 0.15) is 11.3 Å². The first-order valence-electron chi connectivity index (χ1n) is 6.25. The van der Waals surface area contributed by atoms with Crippen molar-refractivity contribution in [3.05, 3.63) is 35.8 Å². The van der Waals surface area contributed by atoms with Crippen LogP contribution in [0.3, 0.4) is 0 Å². The Morgan fingerprint density at radius 1 is 1.39 bits per heavy atom. The summed E-state index contributed by atoms with van der Waals surface area (Å²) < 4.78 is 2.00. The third-order valence-electron chi connectivity index (χ3n) is 3.53. The van der Waals surface area contributed by atoms with Gasteiger partial charge in [0, 0.05) is 12.1 Å². The molecule has 1 fully saturated rings. The molecule has 0 spiro atoms. The van der Waals surface area contributed by atoms with Crippen LogP contribution in [0.25, 0.3) is 5.65 Å². The molecule has 0 aliphatic carbocycles. The van der Waals surface area contributed by atoms with E-state index in [1.807, 2.05) is 28.8 Å². The topological polar surface area (TPSA) is 72.4 Å². The van der Waals surface area contributed by atoms with Gasteiger partial charge in [-0.2, -0.15) is 0 Å². The highest BCUT2D eigenvalue weighted by atomic mass is 16.1. The Hall–Kier alpha value is -1.88. The van der Waals surface area contributed by atoms with Crippen LogP contribution < -0.4 is 11.1 Å². The molecular formula is C13H16N4O. The molecule has 1 amide bonds. The van der Waals surface area contributed by atoms with Crippen molar-refractivity contribution in [1.82, 2.24) is 14.7 Å². The highest BCUT2D eigenvalue weighted by Gasteiger charge is 2.25. The summed E-state index contributed by atoms with van der Waals surface area (Å²) in [7, 11) is 0. The van der Waals surface area contributed by atoms with E-state index in [1.165, 1.54) is 0 Å². The first-order valence-corrected chi connectivity index (χ1v) is 6.25. The molecule has 0 bridgehead atoms. The molecule has 2 aromatic rings. The molecular weight excluding hydrogens is 228 g/mol. The largest absolute Gasteiger partial charge is 0.364 e. The Morgan fingerprint density at radius 2 is 2.17 bits per heavy atom. The zero-order chi connectivity index (χ0) is 12.5. The van der Waals surface area contributed by atoms with Gasteiger partial charge < -0.3 is 15.5 Å². The summed E-state index contributed by atoms with van der Waals surface area (Å²) >= 11 is 0. The van der Waals surface area contributed by atoms with Gasteiger partial charge in [-0.1, -0.05) is 6.07 Å². The number of primary amides is 1. The lowest BCUT2D eigenvalue weighted by Gasteiger charge is -2.23. The Balaban J connectivity index is 2.17. The van der Waals surface area contributed by atoms with Crippen molar-refractivity contribution < 1.29 is 4.79 Å². The average Bonchev–Trinajstić information content (AvgIpc) is 2.79. The Morgan fingerprint density at radius 3 is 2.89 bits per heavy atom. The van der Waals surface area contributed by atoms with E-state index in [9.17, 15) is 4.79 Å². The maximum Gasteiger partial charge on any atom is 0.269 e. The van der Waals surface area contributed by atoms with E-state index in [0.717, 1.165) is 37.3 Å². The van der Waals surface area contributed by atoms with Crippen LogP contribution in [0.2, 0.25) is 0 Å². The minimum absolute atomic E-state index is 0.353. The zero-order valence-electron chi connectivity index (χ0n) is 10.1. The van der Waals surface area contributed by atoms with Crippen molar-refractivity contribution >= 4 is 11.6 Å². The summed E-state index contributed by atoms with van der Waals surface area (Å²) in [5, 5.41) is 3.33. The van der Waals surface area contributed by atoms with Crippen LogP contribution in [0.15, 0.2) is 24.4 Å². The van der Waals surface area contributed by atoms with E-state index < -0.39 is 5.91 Å². The van der Waals surface area contributed by atoms with Crippen LogP contribution in [0.5, 0.6) is 0 Å². The summed E-state index contributed by atoms with van der Waals surface area (Å²) in [4.78, 5) is 15.9. The van der Waals surface area contributed by atoms with Gasteiger partial charge in [-0.05, 0) is 38.1 Å². The normalized spacial score (nSPS) is 17.1. The Labute approximate surface area is 105 Å². The second-order valence-electron chi connectivity index (χ2n) is 4.66. The van der Waals surface area contributed by atoms with Crippen LogP contribution in [-0.2, 0) is 0 Å². The summed E-state index contributed by atoms with van der Waals surface area (Å²) in [6.45, 7) is 1.95. The maximum absolute atomic E-state index is 11.6. The van der Waals surface area contributed by atoms with Gasteiger partial charge in [0.15, 0.2) is 0 Å². The van der Waals surface area contributed by atoms with Gasteiger partial charge in [-0.25, -0.2) is 4.98 Å². The predicted octanol–water partition coefficient (Wildman–Crippen LogP) is 0.900. The van der Waals surface area contributed by atoms with Crippen molar-refractivity contribution in [3.8, 4) is 0 Å². The fraction of sp³-hybridized carbons (Fsp3) is 0.385. The van der Waals surface area contributed by atoms with Crippen LogP contribution >= 0.6 is 0 Å². The number of rotatable bonds is 2. The van der Waals surface area contributed by atoms with Gasteiger partial charge in [-0.3, -0.25) is 4.79 Å². The number of carbonyl (C=O) groups is 1. The van der Waals surface area contributed by atoms with Crippen LogP contribution in [-0.4, -0.2) is 28.4 Å². The quantitative estimate of drug-likeness (QED) is 0.824. The molecule has 1 aliphatic heterocycles. The molecule has 3 heterocycles. The van der Waals surface area contributed by atoms with Gasteiger partial charge in [0.05, 0.1) is 5.69 Å². The Kier molecular flexibility index (Phi) is 2.76. The second kappa shape index (κ2) is 4.42. The number of pyridine rings is 1. The lowest BCUT2D eigenvalue weighted by atomic mass is 9.93. The first-order chi connectivity index (χ1) is 8.77. The van der Waals surface area contributed by atoms with Gasteiger partial charge >= 0.3 is 0 Å². The number of carbonyl (C=O) groups excluding carboxylic acids is 1. The molecule has 94 valence electrons. The third-order valence-corrected chi connectivity index (χ3v) is 3.53. The monoisotopic (exact) mass is 244 g/mol. The second-order valence-corrected chi connectivity index (χ2v) is 4.66. The van der Waals surface area contributed by atoms with E-state index in [2.05, 4.69) is 10.3 Å². The number of hydrogen-bond donors (Lipinski definition) is 2. The molecule has 1 saturated heterocycles. The highest BCUT2D eigenvalue weighted by molar-refractivity contribution is 5.93. The molecule has 2 aromatic heterocycles. The van der Waals surface area contributed by atoms with Gasteiger partial charge in [0.25, 0.3) is 5.91 Å². The van der Waals surface area contributed by atoms with E-state index in [4.69, 9.17) is 5.73 Å². The molecule has 3 N–H and O–H groups in total. The molecule has 0 radical (unpaired) electrons. The molecule has 5 nitrogen and oxygen atoms in total. The van der Waals surface area contributed by atoms with Crippen molar-refractivity contribution in [2.24, 2.45) is 5.73 Å². The van der Waals surface area contributed by atoms with Crippen molar-refractivity contribution in [2.45, 2.75) is 18.8 Å². The van der Waals surface area contributed by atoms with Gasteiger partial charge in [-0.15, -0.1) is 0 Å². The van der Waals surface area contributed by atoms with E-state index >= 15 is 0 Å². The minimum Gasteiger partial charge on any atom is -0.364 e. The number of nitrogens with one attached hydrogen (secondary N) is 1. The highest BCUT2D eigenvalue weighted by Crippen LogP contribution is 2.28. The summed E-state index contributed by atoms with van der Waals surface area (Å²) in [5.41, 5.74) is 7.64. The summed E-state index contributed by atoms with van der Waals surface area (Å²) in [6, 6.07) is 5.76. The smallest absolute Gasteiger partial charge is 0.269 e. The lowest BCUT2D eigenvalue weighted by Crippen LogP contribution is -2.28. The summed E-state index contributed by atoms with van der Waals surface area (Å²) in [5.74, 6) is -0.0848. The predicted molar refractivity (Wildman–Crippen MR) is 68.6 cm³/mol. The number of aromatic nitrogens is 2. The van der Waals surface area contributed by atoms with Crippen molar-refractivity contribution in [1.29, 1.82) is 0 Å². The van der Waals surface area contributed by atoms with Gasteiger partial charge in [0.2, 0.25) is 0 Å². The number of nitrogens with two attached hydrogens (primary N) is 1. The Bertz CT molecular complexity index is 584. The van der Waals surface area contributed by atoms with E-state index in [0.29, 0.717) is 11.6 Å². The average molecular weight is 244 g/mol. The molecule has 5 heteroatoms. The number of hydrogen-bond acceptors (Lipinski definition) is 3. The number of amides is 1. The first kappa shape index (κ1) is 11.2. The lowest BCUT2D eigenvalue weighted by molar-refractivity contribution is 0.0994. The summed E-state index contributed by atoms with van der Waals surface area (Å²) in [6.07, 6.45) is 3.98. The minimum atomic E-state index is -0.438. The van der Waals surface area contributed by atoms with Crippen molar-refractivity contribution in [2.75, 3.05) is 13.1 Å². The van der Waals surface area contributed by atoms with E-state index in [1.54, 1.807) is 0 Å². The molecule has 0 aromatic carbocycles. The molecule has 0 saturated carbocycles. The SMILES string of the molecule is NC(=O)c1nc2ccccn2c1C1CCNCC1. The van der Waals surface area contributed by atoms with Crippen LogP contribution in [0.1, 0.15) is 34.9 Å². The van der Waals surface area contributed by atoms with Crippen LogP contribution in [0.4, 0.5) is 0 Å². The molecule has 3 rings (SSSR count). The maximum atomic E-state index is 11.6. The van der Waals surface area contributed by atoms with Crippen LogP contribution in [0, 0.1) is 0 Å². The molecule has 0 atom stereocenters. The number of fused-ring (bicyclic) bond motifs is 1. The number of imidazole rings is 1. The molecule has 0 unspecified atom stereocenters. The third kappa shape index (κ3) is 1.76.